The maximum atomic E-state index is 12.4. The van der Waals surface area contributed by atoms with Gasteiger partial charge in [-0.25, -0.2) is 4.79 Å². The van der Waals surface area contributed by atoms with Crippen molar-refractivity contribution in [2.75, 3.05) is 7.11 Å². The second kappa shape index (κ2) is 8.64. The Morgan fingerprint density at radius 2 is 1.81 bits per heavy atom. The van der Waals surface area contributed by atoms with Gasteiger partial charge in [-0.05, 0) is 31.1 Å². The Morgan fingerprint density at radius 3 is 2.50 bits per heavy atom. The second-order valence-electron chi connectivity index (χ2n) is 6.02. The molecule has 0 unspecified atom stereocenters. The molecule has 0 fully saturated rings. The van der Waals surface area contributed by atoms with Crippen molar-refractivity contribution in [3.63, 3.8) is 0 Å². The predicted octanol–water partition coefficient (Wildman–Crippen LogP) is 1.60. The van der Waals surface area contributed by atoms with Gasteiger partial charge in [0.05, 0.1) is 13.2 Å². The number of carbonyl (C=O) groups is 2. The number of rotatable bonds is 1. The van der Waals surface area contributed by atoms with E-state index in [9.17, 15) is 24.9 Å². The number of benzene rings is 1. The van der Waals surface area contributed by atoms with Gasteiger partial charge in [0.2, 0.25) is 0 Å². The molecule has 0 saturated carbocycles. The molecule has 0 aromatic heterocycles. The third-order valence-corrected chi connectivity index (χ3v) is 3.95. The van der Waals surface area contributed by atoms with Crippen molar-refractivity contribution in [3.05, 3.63) is 41.5 Å². The molecule has 0 bridgehead atoms. The molecule has 1 aliphatic heterocycles. The Kier molecular flexibility index (Phi) is 6.54. The van der Waals surface area contributed by atoms with Gasteiger partial charge in [-0.2, -0.15) is 0 Å². The molecule has 1 aromatic carbocycles. The van der Waals surface area contributed by atoms with E-state index in [1.54, 1.807) is 6.92 Å². The summed E-state index contributed by atoms with van der Waals surface area (Å²) >= 11 is 0. The number of esters is 1. The molecule has 3 N–H and O–H groups in total. The lowest BCUT2D eigenvalue weighted by Gasteiger charge is -2.16. The van der Waals surface area contributed by atoms with Gasteiger partial charge >= 0.3 is 5.97 Å². The maximum absolute atomic E-state index is 12.4. The molecule has 0 radical (unpaired) electrons. The number of methoxy groups -OCH3 is 1. The standard InChI is InChI=1S/C19H22O7/c1-11-5-3-7-14(20)18(23)15(21)8-4-6-12-9-13(25-2)10-16(22)17(12)19(24)26-11/h3-4,6-7,9-11,15,18,21-23H,5,8H2,1-2H3/b6-4+,7-3-/t11-,15+,18-/m0/s1. The Balaban J connectivity index is 2.45. The minimum Gasteiger partial charge on any atom is -0.507 e. The van der Waals surface area contributed by atoms with Crippen LogP contribution < -0.4 is 4.74 Å². The number of hydrogen-bond donors (Lipinski definition) is 3. The van der Waals surface area contributed by atoms with E-state index in [-0.39, 0.29) is 24.2 Å². The highest BCUT2D eigenvalue weighted by Crippen LogP contribution is 2.30. The highest BCUT2D eigenvalue weighted by molar-refractivity contribution is 5.97. The molecule has 1 aromatic rings. The van der Waals surface area contributed by atoms with Crippen LogP contribution in [0.4, 0.5) is 0 Å². The number of cyclic esters (lactones) is 1. The Hall–Kier alpha value is -2.64. The van der Waals surface area contributed by atoms with Crippen LogP contribution in [0, 0.1) is 0 Å². The van der Waals surface area contributed by atoms with Crippen LogP contribution in [0.15, 0.2) is 30.4 Å². The van der Waals surface area contributed by atoms with Gasteiger partial charge in [-0.3, -0.25) is 4.79 Å². The average Bonchev–Trinajstić information content (AvgIpc) is 2.59. The molecule has 140 valence electrons. The average molecular weight is 362 g/mol. The van der Waals surface area contributed by atoms with Crippen LogP contribution in [0.5, 0.6) is 11.5 Å². The van der Waals surface area contributed by atoms with Crippen LogP contribution in [0.2, 0.25) is 0 Å². The summed E-state index contributed by atoms with van der Waals surface area (Å²) in [6.07, 6.45) is 2.42. The van der Waals surface area contributed by atoms with E-state index in [0.29, 0.717) is 11.3 Å². The molecule has 0 saturated heterocycles. The second-order valence-corrected chi connectivity index (χ2v) is 6.02. The zero-order chi connectivity index (χ0) is 19.3. The third kappa shape index (κ3) is 4.71. The lowest BCUT2D eigenvalue weighted by Crippen LogP contribution is -2.32. The molecule has 3 atom stereocenters. The van der Waals surface area contributed by atoms with Crippen molar-refractivity contribution >= 4 is 17.8 Å². The van der Waals surface area contributed by atoms with Crippen molar-refractivity contribution in [1.29, 1.82) is 0 Å². The number of phenols is 1. The molecule has 0 aliphatic carbocycles. The van der Waals surface area contributed by atoms with Crippen LogP contribution in [0.25, 0.3) is 6.08 Å². The first-order chi connectivity index (χ1) is 12.3. The minimum atomic E-state index is -1.55. The summed E-state index contributed by atoms with van der Waals surface area (Å²) in [4.78, 5) is 24.3. The zero-order valence-corrected chi connectivity index (χ0v) is 14.6. The van der Waals surface area contributed by atoms with E-state index in [1.165, 1.54) is 37.5 Å². The van der Waals surface area contributed by atoms with Gasteiger partial charge in [-0.1, -0.05) is 18.2 Å². The molecule has 26 heavy (non-hydrogen) atoms. The first kappa shape index (κ1) is 19.7. The monoisotopic (exact) mass is 362 g/mol. The van der Waals surface area contributed by atoms with E-state index in [4.69, 9.17) is 9.47 Å². The first-order valence-corrected chi connectivity index (χ1v) is 8.18. The summed E-state index contributed by atoms with van der Waals surface area (Å²) in [6, 6.07) is 2.84. The predicted molar refractivity (Wildman–Crippen MR) is 94.0 cm³/mol. The molecule has 0 amide bonds. The fourth-order valence-electron chi connectivity index (χ4n) is 2.51. The van der Waals surface area contributed by atoms with Gasteiger partial charge in [0, 0.05) is 12.5 Å². The quantitative estimate of drug-likeness (QED) is 0.650. The number of ether oxygens (including phenoxy) is 2. The summed E-state index contributed by atoms with van der Waals surface area (Å²) < 4.78 is 10.4. The summed E-state index contributed by atoms with van der Waals surface area (Å²) in [5.41, 5.74) is 0.306. The van der Waals surface area contributed by atoms with Gasteiger partial charge in [0.1, 0.15) is 29.3 Å². The van der Waals surface area contributed by atoms with Crippen molar-refractivity contribution in [2.24, 2.45) is 0 Å². The lowest BCUT2D eigenvalue weighted by atomic mass is 10.0. The van der Waals surface area contributed by atoms with E-state index >= 15 is 0 Å². The number of phenolic OH excluding ortho intramolecular Hbond substituents is 1. The normalized spacial score (nSPS) is 27.0. The largest absolute Gasteiger partial charge is 0.507 e. The number of hydrogen-bond acceptors (Lipinski definition) is 7. The number of ketones is 1. The van der Waals surface area contributed by atoms with E-state index in [2.05, 4.69) is 0 Å². The smallest absolute Gasteiger partial charge is 0.342 e. The summed E-state index contributed by atoms with van der Waals surface area (Å²) in [7, 11) is 1.42. The first-order valence-electron chi connectivity index (χ1n) is 8.18. The van der Waals surface area contributed by atoms with E-state index < -0.39 is 30.1 Å². The fourth-order valence-corrected chi connectivity index (χ4v) is 2.51. The van der Waals surface area contributed by atoms with Gasteiger partial charge in [0.15, 0.2) is 5.78 Å². The van der Waals surface area contributed by atoms with Crippen molar-refractivity contribution in [3.8, 4) is 11.5 Å². The van der Waals surface area contributed by atoms with Crippen molar-refractivity contribution in [1.82, 2.24) is 0 Å². The molecule has 1 heterocycles. The summed E-state index contributed by atoms with van der Waals surface area (Å²) in [5.74, 6) is -1.29. The van der Waals surface area contributed by atoms with Crippen LogP contribution >= 0.6 is 0 Å². The Bertz CT molecular complexity index is 736. The van der Waals surface area contributed by atoms with Crippen LogP contribution in [0.1, 0.15) is 35.7 Å². The number of carbonyl (C=O) groups excluding carboxylic acids is 2. The van der Waals surface area contributed by atoms with Crippen LogP contribution in [0.3, 0.4) is 0 Å². The molecule has 7 nitrogen and oxygen atoms in total. The van der Waals surface area contributed by atoms with Gasteiger partial charge in [0.25, 0.3) is 0 Å². The molecular formula is C19H22O7. The van der Waals surface area contributed by atoms with Crippen molar-refractivity contribution < 1.29 is 34.4 Å². The third-order valence-electron chi connectivity index (χ3n) is 3.95. The molecule has 0 spiro atoms. The number of fused-ring (bicyclic) bond motifs is 1. The van der Waals surface area contributed by atoms with E-state index in [0.717, 1.165) is 6.08 Å². The summed E-state index contributed by atoms with van der Waals surface area (Å²) in [5, 5.41) is 30.0. The minimum absolute atomic E-state index is 0.0242. The maximum Gasteiger partial charge on any atom is 0.342 e. The Morgan fingerprint density at radius 1 is 1.12 bits per heavy atom. The lowest BCUT2D eigenvalue weighted by molar-refractivity contribution is -0.127. The zero-order valence-electron chi connectivity index (χ0n) is 14.6. The van der Waals surface area contributed by atoms with Crippen LogP contribution in [-0.4, -0.2) is 52.5 Å². The van der Waals surface area contributed by atoms with Gasteiger partial charge < -0.3 is 24.8 Å². The highest BCUT2D eigenvalue weighted by atomic mass is 16.5. The summed E-state index contributed by atoms with van der Waals surface area (Å²) in [6.45, 7) is 1.64. The topological polar surface area (TPSA) is 113 Å². The number of aliphatic hydroxyl groups excluding tert-OH is 2. The van der Waals surface area contributed by atoms with Crippen molar-refractivity contribution in [2.45, 2.75) is 38.1 Å². The SMILES string of the molecule is COc1cc(O)c2c(c1)/C=C/C[C@@H](O)[C@@H](O)C(=O)/C=C\C[C@H](C)OC2=O. The molecular weight excluding hydrogens is 340 g/mol. The molecule has 1 aliphatic rings. The Labute approximate surface area is 151 Å². The number of aromatic hydroxyl groups is 1. The molecule has 7 heteroatoms. The van der Waals surface area contributed by atoms with Gasteiger partial charge in [-0.15, -0.1) is 0 Å². The fraction of sp³-hybridized carbons (Fsp3) is 0.368. The molecule has 2 rings (SSSR count). The van der Waals surface area contributed by atoms with Crippen LogP contribution in [-0.2, 0) is 9.53 Å². The van der Waals surface area contributed by atoms with E-state index in [1.807, 2.05) is 0 Å². The highest BCUT2D eigenvalue weighted by Gasteiger charge is 2.23. The number of aliphatic hydroxyl groups is 2.